The molecule has 3 aliphatic heterocycles. The number of ether oxygens (including phenoxy) is 2. The number of fused-ring (bicyclic) bond motifs is 1. The third-order valence-corrected chi connectivity index (χ3v) is 8.09. The third-order valence-electron chi connectivity index (χ3n) is 8.09. The second kappa shape index (κ2) is 11.5. The van der Waals surface area contributed by atoms with Crippen molar-refractivity contribution in [1.29, 1.82) is 0 Å². The fourth-order valence-corrected chi connectivity index (χ4v) is 6.62. The number of likely N-dealkylation sites (tertiary alicyclic amines) is 1. The van der Waals surface area contributed by atoms with Crippen LogP contribution in [0.2, 0.25) is 0 Å². The summed E-state index contributed by atoms with van der Waals surface area (Å²) in [6.07, 6.45) is 7.62. The van der Waals surface area contributed by atoms with Crippen molar-refractivity contribution in [2.75, 3.05) is 26.3 Å². The van der Waals surface area contributed by atoms with Gasteiger partial charge in [0.25, 0.3) is 0 Å². The Labute approximate surface area is 215 Å². The van der Waals surface area contributed by atoms with Crippen LogP contribution in [-0.4, -0.2) is 82.3 Å². The number of hydrogen-bond acceptors (Lipinski definition) is 6. The molecule has 1 N–H and O–H groups in total. The van der Waals surface area contributed by atoms with E-state index in [1.165, 1.54) is 6.08 Å². The van der Waals surface area contributed by atoms with Crippen LogP contribution in [-0.2, 0) is 23.9 Å². The SMILES string of the molecule is C=CCOC(=O)[C@@H]1[C@H]2C(=O)N([C@@H](CO)CC(C)C)C(C(=O)N(CC=C)CCCCC)C23CC[C@@]1(C)O3. The van der Waals surface area contributed by atoms with E-state index in [4.69, 9.17) is 9.47 Å². The lowest BCUT2D eigenvalue weighted by Crippen LogP contribution is -2.59. The maximum absolute atomic E-state index is 14.3. The molecule has 36 heavy (non-hydrogen) atoms. The summed E-state index contributed by atoms with van der Waals surface area (Å²) >= 11 is 0. The van der Waals surface area contributed by atoms with Gasteiger partial charge in [0.15, 0.2) is 0 Å². The fraction of sp³-hybridized carbons (Fsp3) is 0.750. The number of amides is 2. The first kappa shape index (κ1) is 28.4. The van der Waals surface area contributed by atoms with Crippen molar-refractivity contribution in [3.63, 3.8) is 0 Å². The highest BCUT2D eigenvalue weighted by Crippen LogP contribution is 2.63. The van der Waals surface area contributed by atoms with Gasteiger partial charge < -0.3 is 24.4 Å². The number of carbonyl (C=O) groups excluding carboxylic acids is 3. The summed E-state index contributed by atoms with van der Waals surface area (Å²) in [5.41, 5.74) is -2.02. The maximum Gasteiger partial charge on any atom is 0.313 e. The first-order valence-corrected chi connectivity index (χ1v) is 13.4. The molecule has 3 saturated heterocycles. The van der Waals surface area contributed by atoms with Gasteiger partial charge in [0.2, 0.25) is 11.8 Å². The van der Waals surface area contributed by atoms with Crippen molar-refractivity contribution in [2.24, 2.45) is 17.8 Å². The van der Waals surface area contributed by atoms with Gasteiger partial charge in [0.05, 0.1) is 24.2 Å². The largest absolute Gasteiger partial charge is 0.461 e. The number of hydrogen-bond donors (Lipinski definition) is 1. The lowest BCUT2D eigenvalue weighted by atomic mass is 9.66. The quantitative estimate of drug-likeness (QED) is 0.222. The Morgan fingerprint density at radius 3 is 2.58 bits per heavy atom. The molecule has 3 aliphatic rings. The van der Waals surface area contributed by atoms with Crippen molar-refractivity contribution >= 4 is 17.8 Å². The fourth-order valence-electron chi connectivity index (χ4n) is 6.62. The molecule has 8 nitrogen and oxygen atoms in total. The van der Waals surface area contributed by atoms with Gasteiger partial charge in [0, 0.05) is 13.1 Å². The van der Waals surface area contributed by atoms with E-state index >= 15 is 0 Å². The van der Waals surface area contributed by atoms with Crippen LogP contribution in [0.3, 0.4) is 0 Å². The number of esters is 1. The Morgan fingerprint density at radius 1 is 1.28 bits per heavy atom. The second-order valence-electron chi connectivity index (χ2n) is 11.1. The summed E-state index contributed by atoms with van der Waals surface area (Å²) in [6, 6.07) is -1.46. The summed E-state index contributed by atoms with van der Waals surface area (Å²) in [4.78, 5) is 44.9. The van der Waals surface area contributed by atoms with Gasteiger partial charge in [-0.1, -0.05) is 52.3 Å². The number of aliphatic hydroxyl groups is 1. The van der Waals surface area contributed by atoms with E-state index in [0.717, 1.165) is 19.3 Å². The van der Waals surface area contributed by atoms with Gasteiger partial charge in [-0.05, 0) is 38.5 Å². The van der Waals surface area contributed by atoms with Crippen LogP contribution >= 0.6 is 0 Å². The summed E-state index contributed by atoms with van der Waals surface area (Å²) in [7, 11) is 0. The average Bonchev–Trinajstić information content (AvgIpc) is 3.40. The van der Waals surface area contributed by atoms with E-state index in [2.05, 4.69) is 20.1 Å². The first-order chi connectivity index (χ1) is 17.1. The van der Waals surface area contributed by atoms with Gasteiger partial charge in [-0.3, -0.25) is 14.4 Å². The Bertz CT molecular complexity index is 859. The third kappa shape index (κ3) is 4.86. The average molecular weight is 505 g/mol. The minimum Gasteiger partial charge on any atom is -0.461 e. The minimum atomic E-state index is -1.13. The van der Waals surface area contributed by atoms with E-state index in [-0.39, 0.29) is 30.9 Å². The zero-order valence-corrected chi connectivity index (χ0v) is 22.4. The zero-order chi connectivity index (χ0) is 26.7. The van der Waals surface area contributed by atoms with Gasteiger partial charge >= 0.3 is 5.97 Å². The van der Waals surface area contributed by atoms with E-state index in [0.29, 0.717) is 32.4 Å². The van der Waals surface area contributed by atoms with Crippen LogP contribution in [0, 0.1) is 17.8 Å². The summed E-state index contributed by atoms with van der Waals surface area (Å²) in [6.45, 7) is 16.1. The van der Waals surface area contributed by atoms with E-state index in [1.54, 1.807) is 15.9 Å². The minimum absolute atomic E-state index is 0.0442. The molecule has 202 valence electrons. The van der Waals surface area contributed by atoms with Crippen LogP contribution in [0.5, 0.6) is 0 Å². The molecule has 1 spiro atoms. The highest BCUT2D eigenvalue weighted by molar-refractivity contribution is 5.98. The molecule has 0 radical (unpaired) electrons. The molecule has 0 aromatic rings. The topological polar surface area (TPSA) is 96.4 Å². The number of carbonyl (C=O) groups is 3. The smallest absolute Gasteiger partial charge is 0.313 e. The number of unbranched alkanes of at least 4 members (excludes halogenated alkanes) is 2. The monoisotopic (exact) mass is 504 g/mol. The first-order valence-electron chi connectivity index (χ1n) is 13.4. The van der Waals surface area contributed by atoms with Crippen LogP contribution in [0.1, 0.15) is 66.2 Å². The highest BCUT2D eigenvalue weighted by Gasteiger charge is 2.79. The predicted octanol–water partition coefficient (Wildman–Crippen LogP) is 3.09. The van der Waals surface area contributed by atoms with Crippen molar-refractivity contribution in [3.8, 4) is 0 Å². The van der Waals surface area contributed by atoms with Crippen LogP contribution in [0.4, 0.5) is 0 Å². The highest BCUT2D eigenvalue weighted by atomic mass is 16.6. The van der Waals surface area contributed by atoms with Crippen molar-refractivity contribution in [3.05, 3.63) is 25.3 Å². The lowest BCUT2D eigenvalue weighted by molar-refractivity contribution is -0.161. The molecular formula is C28H44N2O6. The Kier molecular flexibility index (Phi) is 9.04. The Morgan fingerprint density at radius 2 is 2.00 bits per heavy atom. The molecule has 8 heteroatoms. The molecule has 3 fully saturated rings. The molecule has 2 bridgehead atoms. The van der Waals surface area contributed by atoms with Gasteiger partial charge in [-0.15, -0.1) is 6.58 Å². The predicted molar refractivity (Wildman–Crippen MR) is 137 cm³/mol. The van der Waals surface area contributed by atoms with E-state index in [1.807, 2.05) is 20.8 Å². The van der Waals surface area contributed by atoms with Gasteiger partial charge in [-0.2, -0.15) is 0 Å². The molecule has 0 aromatic carbocycles. The van der Waals surface area contributed by atoms with Gasteiger partial charge in [0.1, 0.15) is 24.2 Å². The Balaban J connectivity index is 2.08. The lowest BCUT2D eigenvalue weighted by Gasteiger charge is -2.40. The Hall–Kier alpha value is -2.19. The molecule has 0 aromatic heterocycles. The number of nitrogens with zero attached hydrogens (tertiary/aromatic N) is 2. The van der Waals surface area contributed by atoms with Crippen molar-refractivity contribution in [2.45, 2.75) is 89.5 Å². The summed E-state index contributed by atoms with van der Waals surface area (Å²) < 4.78 is 12.0. The molecule has 2 amide bonds. The van der Waals surface area contributed by atoms with Crippen LogP contribution in [0.25, 0.3) is 0 Å². The summed E-state index contributed by atoms with van der Waals surface area (Å²) in [5, 5.41) is 10.4. The van der Waals surface area contributed by atoms with Crippen molar-refractivity contribution in [1.82, 2.24) is 9.80 Å². The molecule has 0 saturated carbocycles. The van der Waals surface area contributed by atoms with E-state index in [9.17, 15) is 19.5 Å². The second-order valence-corrected chi connectivity index (χ2v) is 11.1. The van der Waals surface area contributed by atoms with Gasteiger partial charge in [-0.25, -0.2) is 0 Å². The number of rotatable bonds is 14. The maximum atomic E-state index is 14.3. The van der Waals surface area contributed by atoms with Crippen molar-refractivity contribution < 1.29 is 29.0 Å². The molecule has 2 unspecified atom stereocenters. The zero-order valence-electron chi connectivity index (χ0n) is 22.4. The number of aliphatic hydroxyl groups excluding tert-OH is 1. The molecule has 0 aliphatic carbocycles. The molecule has 3 heterocycles. The van der Waals surface area contributed by atoms with Crippen LogP contribution in [0.15, 0.2) is 25.3 Å². The standard InChI is InChI=1S/C28H44N2O6/c1-7-10-11-15-29(14-8-2)25(33)23-28-13-12-27(6,36-28)22(26(34)35-16-9-3)21(28)24(32)30(23)20(18-31)17-19(4)5/h8-9,19-23,31H,2-3,7,10-18H2,1,4-6H3/t20-,21+,22+,23?,27-,28?/m1/s1. The normalized spacial score (nSPS) is 31.4. The summed E-state index contributed by atoms with van der Waals surface area (Å²) in [5.74, 6) is -2.45. The molecule has 6 atom stereocenters. The van der Waals surface area contributed by atoms with E-state index < -0.39 is 41.1 Å². The van der Waals surface area contributed by atoms with Crippen LogP contribution < -0.4 is 0 Å². The molecular weight excluding hydrogens is 460 g/mol. The molecule has 3 rings (SSSR count).